The van der Waals surface area contributed by atoms with Crippen LogP contribution in [0.1, 0.15) is 5.56 Å². The number of nitrogens with zero attached hydrogens (tertiary/aromatic N) is 1. The molecule has 3 aromatic rings. The fourth-order valence-corrected chi connectivity index (χ4v) is 4.93. The van der Waals surface area contributed by atoms with Gasteiger partial charge < -0.3 is 0 Å². The number of hydrogen-bond donors (Lipinski definition) is 0. The van der Waals surface area contributed by atoms with Crippen molar-refractivity contribution in [2.45, 2.75) is 11.8 Å². The van der Waals surface area contributed by atoms with Crippen LogP contribution >= 0.6 is 22.6 Å². The Labute approximate surface area is 131 Å². The normalized spacial score (nSPS) is 11.9. The van der Waals surface area contributed by atoms with E-state index in [1.807, 2.05) is 49.4 Å². The lowest BCUT2D eigenvalue weighted by molar-refractivity contribution is 0.588. The van der Waals surface area contributed by atoms with Crippen molar-refractivity contribution in [1.29, 1.82) is 0 Å². The van der Waals surface area contributed by atoms with Crippen LogP contribution in [-0.2, 0) is 10.0 Å². The highest BCUT2D eigenvalue weighted by Gasteiger charge is 2.21. The lowest BCUT2D eigenvalue weighted by Crippen LogP contribution is -2.14. The van der Waals surface area contributed by atoms with Crippen molar-refractivity contribution in [1.82, 2.24) is 3.97 Å². The van der Waals surface area contributed by atoms with E-state index in [1.165, 1.54) is 3.97 Å². The van der Waals surface area contributed by atoms with Gasteiger partial charge in [0.15, 0.2) is 0 Å². The summed E-state index contributed by atoms with van der Waals surface area (Å²) in [4.78, 5) is 0.308. The maximum Gasteiger partial charge on any atom is 0.269 e. The van der Waals surface area contributed by atoms with Gasteiger partial charge in [0.2, 0.25) is 0 Å². The van der Waals surface area contributed by atoms with Crippen molar-refractivity contribution in [2.75, 3.05) is 0 Å². The Balaban J connectivity index is 2.29. The Morgan fingerprint density at radius 2 is 1.65 bits per heavy atom. The molecule has 0 aliphatic rings. The summed E-state index contributed by atoms with van der Waals surface area (Å²) in [5.41, 5.74) is 1.74. The Hall–Kier alpha value is -1.34. The first-order valence-electron chi connectivity index (χ1n) is 6.08. The molecular formula is C15H12INO2S. The zero-order valence-electron chi connectivity index (χ0n) is 10.7. The van der Waals surface area contributed by atoms with Crippen LogP contribution in [0.15, 0.2) is 59.5 Å². The summed E-state index contributed by atoms with van der Waals surface area (Å²) in [5, 5.41) is 0.924. The van der Waals surface area contributed by atoms with Gasteiger partial charge in [0.05, 0.1) is 14.1 Å². The Morgan fingerprint density at radius 1 is 1.00 bits per heavy atom. The van der Waals surface area contributed by atoms with Gasteiger partial charge in [-0.2, -0.15) is 0 Å². The first-order chi connectivity index (χ1) is 9.50. The van der Waals surface area contributed by atoms with E-state index in [4.69, 9.17) is 0 Å². The molecule has 3 nitrogen and oxygen atoms in total. The fourth-order valence-electron chi connectivity index (χ4n) is 2.16. The number of rotatable bonds is 2. The molecule has 20 heavy (non-hydrogen) atoms. The summed E-state index contributed by atoms with van der Waals surface area (Å²) >= 11 is 2.06. The number of benzene rings is 2. The molecule has 0 fully saturated rings. The molecular weight excluding hydrogens is 385 g/mol. The molecule has 0 aliphatic heterocycles. The van der Waals surface area contributed by atoms with E-state index in [0.717, 1.165) is 10.9 Å². The summed E-state index contributed by atoms with van der Waals surface area (Å²) in [6.45, 7) is 1.94. The molecule has 0 aliphatic carbocycles. The zero-order valence-corrected chi connectivity index (χ0v) is 13.7. The molecule has 0 saturated heterocycles. The fraction of sp³-hybridized carbons (Fsp3) is 0.0667. The molecule has 1 aromatic heterocycles. The predicted molar refractivity (Wildman–Crippen MR) is 88.4 cm³/mol. The van der Waals surface area contributed by atoms with Crippen LogP contribution in [0.3, 0.4) is 0 Å². The maximum atomic E-state index is 12.8. The van der Waals surface area contributed by atoms with Crippen LogP contribution in [0.4, 0.5) is 0 Å². The van der Waals surface area contributed by atoms with E-state index in [9.17, 15) is 8.42 Å². The van der Waals surface area contributed by atoms with Gasteiger partial charge in [-0.05, 0) is 53.8 Å². The minimum atomic E-state index is -3.56. The van der Waals surface area contributed by atoms with E-state index in [0.29, 0.717) is 14.1 Å². The molecule has 102 valence electrons. The van der Waals surface area contributed by atoms with Crippen molar-refractivity contribution in [3.63, 3.8) is 0 Å². The van der Waals surface area contributed by atoms with Crippen LogP contribution in [0.25, 0.3) is 10.9 Å². The number of fused-ring (bicyclic) bond motifs is 1. The van der Waals surface area contributed by atoms with E-state index in [1.54, 1.807) is 12.1 Å². The minimum absolute atomic E-state index is 0.308. The molecule has 1 heterocycles. The van der Waals surface area contributed by atoms with Gasteiger partial charge >= 0.3 is 0 Å². The van der Waals surface area contributed by atoms with Gasteiger partial charge in [-0.1, -0.05) is 35.9 Å². The topological polar surface area (TPSA) is 39.1 Å². The monoisotopic (exact) mass is 397 g/mol. The van der Waals surface area contributed by atoms with Crippen molar-refractivity contribution in [3.05, 3.63) is 63.9 Å². The third-order valence-corrected chi connectivity index (χ3v) is 6.05. The molecule has 0 saturated carbocycles. The van der Waals surface area contributed by atoms with Crippen molar-refractivity contribution in [3.8, 4) is 0 Å². The Kier molecular flexibility index (Phi) is 3.33. The first kappa shape index (κ1) is 13.6. The smallest absolute Gasteiger partial charge is 0.228 e. The molecule has 0 spiro atoms. The average Bonchev–Trinajstić information content (AvgIpc) is 2.75. The van der Waals surface area contributed by atoms with E-state index in [-0.39, 0.29) is 0 Å². The molecule has 0 amide bonds. The predicted octanol–water partition coefficient (Wildman–Crippen LogP) is 3.79. The zero-order chi connectivity index (χ0) is 14.3. The third-order valence-electron chi connectivity index (χ3n) is 3.18. The molecule has 2 aromatic carbocycles. The number of halogens is 1. The highest BCUT2D eigenvalue weighted by Crippen LogP contribution is 2.26. The van der Waals surface area contributed by atoms with Crippen LogP contribution in [0, 0.1) is 10.6 Å². The maximum absolute atomic E-state index is 12.8. The Morgan fingerprint density at radius 3 is 2.35 bits per heavy atom. The van der Waals surface area contributed by atoms with Gasteiger partial charge in [0.1, 0.15) is 0 Å². The summed E-state index contributed by atoms with van der Waals surface area (Å²) in [6.07, 6.45) is 0. The van der Waals surface area contributed by atoms with Crippen LogP contribution < -0.4 is 0 Å². The Bertz CT molecular complexity index is 880. The van der Waals surface area contributed by atoms with Gasteiger partial charge in [-0.3, -0.25) is 0 Å². The number of hydrogen-bond acceptors (Lipinski definition) is 2. The second kappa shape index (κ2) is 4.89. The standard InChI is InChI=1S/C15H12INO2S/c1-11-6-8-13(9-7-11)20(18,19)17-14-5-3-2-4-12(14)10-15(17)16/h2-10H,1H3. The molecule has 3 rings (SSSR count). The summed E-state index contributed by atoms with van der Waals surface area (Å²) in [7, 11) is -3.56. The van der Waals surface area contributed by atoms with Crippen LogP contribution in [0.2, 0.25) is 0 Å². The molecule has 0 atom stereocenters. The lowest BCUT2D eigenvalue weighted by atomic mass is 10.2. The number of aromatic nitrogens is 1. The van der Waals surface area contributed by atoms with Crippen LogP contribution in [-0.4, -0.2) is 12.4 Å². The largest absolute Gasteiger partial charge is 0.269 e. The second-order valence-electron chi connectivity index (χ2n) is 4.61. The van der Waals surface area contributed by atoms with Gasteiger partial charge in [0.25, 0.3) is 10.0 Å². The summed E-state index contributed by atoms with van der Waals surface area (Å²) in [5.74, 6) is 0. The van der Waals surface area contributed by atoms with Gasteiger partial charge in [-0.25, -0.2) is 12.4 Å². The van der Waals surface area contributed by atoms with Crippen molar-refractivity contribution >= 4 is 43.5 Å². The second-order valence-corrected chi connectivity index (χ2v) is 7.50. The molecule has 0 bridgehead atoms. The quantitative estimate of drug-likeness (QED) is 0.618. The minimum Gasteiger partial charge on any atom is -0.228 e. The van der Waals surface area contributed by atoms with Crippen LogP contribution in [0.5, 0.6) is 0 Å². The van der Waals surface area contributed by atoms with E-state index < -0.39 is 10.0 Å². The highest BCUT2D eigenvalue weighted by molar-refractivity contribution is 14.1. The number of aryl methyl sites for hydroxylation is 1. The third kappa shape index (κ3) is 2.14. The van der Waals surface area contributed by atoms with E-state index in [2.05, 4.69) is 22.6 Å². The highest BCUT2D eigenvalue weighted by atomic mass is 127. The first-order valence-corrected chi connectivity index (χ1v) is 8.60. The molecule has 0 radical (unpaired) electrons. The summed E-state index contributed by atoms with van der Waals surface area (Å²) in [6, 6.07) is 16.3. The van der Waals surface area contributed by atoms with Gasteiger partial charge in [0, 0.05) is 5.39 Å². The number of para-hydroxylation sites is 1. The van der Waals surface area contributed by atoms with Crippen molar-refractivity contribution < 1.29 is 8.42 Å². The molecule has 5 heteroatoms. The SMILES string of the molecule is Cc1ccc(S(=O)(=O)n2c(I)cc3ccccc32)cc1. The average molecular weight is 397 g/mol. The lowest BCUT2D eigenvalue weighted by Gasteiger charge is -2.09. The van der Waals surface area contributed by atoms with Crippen molar-refractivity contribution in [2.24, 2.45) is 0 Å². The summed E-state index contributed by atoms with van der Waals surface area (Å²) < 4.78 is 27.7. The molecule has 0 N–H and O–H groups in total. The van der Waals surface area contributed by atoms with E-state index >= 15 is 0 Å². The molecule has 0 unspecified atom stereocenters. The van der Waals surface area contributed by atoms with Gasteiger partial charge in [-0.15, -0.1) is 0 Å².